The summed E-state index contributed by atoms with van der Waals surface area (Å²) in [5.74, 6) is -1.80. The monoisotopic (exact) mass is 293 g/mol. The number of rotatable bonds is 8. The van der Waals surface area contributed by atoms with Gasteiger partial charge in [0.1, 0.15) is 0 Å². The summed E-state index contributed by atoms with van der Waals surface area (Å²) in [5.41, 5.74) is 0. The van der Waals surface area contributed by atoms with Crippen LogP contribution in [0.15, 0.2) is 0 Å². The zero-order valence-corrected chi connectivity index (χ0v) is 11.8. The number of amides is 1. The van der Waals surface area contributed by atoms with E-state index >= 15 is 0 Å². The van der Waals surface area contributed by atoms with E-state index in [-0.39, 0.29) is 18.6 Å². The van der Waals surface area contributed by atoms with Crippen LogP contribution >= 0.6 is 12.6 Å². The van der Waals surface area contributed by atoms with E-state index < -0.39 is 36.8 Å². The quantitative estimate of drug-likeness (QED) is 0.320. The zero-order valence-electron chi connectivity index (χ0n) is 10.9. The molecule has 0 aromatic carbocycles. The first-order valence-electron chi connectivity index (χ1n) is 5.88. The van der Waals surface area contributed by atoms with Crippen molar-refractivity contribution >= 4 is 30.5 Å². The van der Waals surface area contributed by atoms with E-state index in [1.165, 1.54) is 0 Å². The van der Waals surface area contributed by atoms with Gasteiger partial charge >= 0.3 is 11.9 Å². The Morgan fingerprint density at radius 2 is 1.68 bits per heavy atom. The van der Waals surface area contributed by atoms with Crippen LogP contribution in [0.5, 0.6) is 0 Å². The molecule has 0 saturated heterocycles. The molecular weight excluding hydrogens is 274 g/mol. The van der Waals surface area contributed by atoms with Gasteiger partial charge in [-0.25, -0.2) is 0 Å². The number of aliphatic hydroxyl groups is 1. The first kappa shape index (κ1) is 17.7. The molecule has 0 aliphatic carbocycles. The van der Waals surface area contributed by atoms with E-state index in [1.807, 2.05) is 0 Å². The van der Waals surface area contributed by atoms with Crippen molar-refractivity contribution in [3.63, 3.8) is 0 Å². The summed E-state index contributed by atoms with van der Waals surface area (Å²) < 4.78 is 9.82. The van der Waals surface area contributed by atoms with Crippen LogP contribution in [0.1, 0.15) is 26.7 Å². The molecule has 0 spiro atoms. The first-order chi connectivity index (χ1) is 8.98. The van der Waals surface area contributed by atoms with Crippen molar-refractivity contribution < 1.29 is 29.0 Å². The van der Waals surface area contributed by atoms with Gasteiger partial charge in [0.05, 0.1) is 12.4 Å². The van der Waals surface area contributed by atoms with Gasteiger partial charge in [-0.1, -0.05) is 13.8 Å². The third-order valence-electron chi connectivity index (χ3n) is 2.08. The maximum Gasteiger partial charge on any atom is 0.307 e. The van der Waals surface area contributed by atoms with Crippen LogP contribution < -0.4 is 5.32 Å². The van der Waals surface area contributed by atoms with Crippen LogP contribution in [0.25, 0.3) is 0 Å². The van der Waals surface area contributed by atoms with E-state index in [1.54, 1.807) is 13.8 Å². The molecule has 0 aliphatic rings. The minimum Gasteiger partial charge on any atom is -0.454 e. The standard InChI is InChI=1S/C11H19NO6S/c1-3-9(15)17-7(5-13)11(12-8(14)6-19)18-10(16)4-2/h7,11,13,19H,3-6H2,1-2H3,(H,12,14). The summed E-state index contributed by atoms with van der Waals surface area (Å²) in [7, 11) is 0. The Labute approximate surface area is 117 Å². The lowest BCUT2D eigenvalue weighted by Crippen LogP contribution is -2.50. The van der Waals surface area contributed by atoms with Gasteiger partial charge in [0.25, 0.3) is 0 Å². The van der Waals surface area contributed by atoms with Gasteiger partial charge in [-0.3, -0.25) is 14.4 Å². The average Bonchev–Trinajstić information content (AvgIpc) is 2.43. The lowest BCUT2D eigenvalue weighted by atomic mass is 10.3. The number of ether oxygens (including phenoxy) is 2. The Hall–Kier alpha value is -1.28. The molecule has 0 heterocycles. The smallest absolute Gasteiger partial charge is 0.307 e. The SMILES string of the molecule is CCC(=O)OC(CO)C(NC(=O)CS)OC(=O)CC. The Morgan fingerprint density at radius 1 is 1.16 bits per heavy atom. The van der Waals surface area contributed by atoms with Gasteiger partial charge < -0.3 is 19.9 Å². The van der Waals surface area contributed by atoms with Crippen molar-refractivity contribution in [3.05, 3.63) is 0 Å². The van der Waals surface area contributed by atoms with Crippen LogP contribution in [0.2, 0.25) is 0 Å². The summed E-state index contributed by atoms with van der Waals surface area (Å²) in [6.07, 6.45) is -2.18. The van der Waals surface area contributed by atoms with Gasteiger partial charge in [0.15, 0.2) is 6.10 Å². The molecule has 8 heteroatoms. The number of hydrogen-bond donors (Lipinski definition) is 3. The zero-order chi connectivity index (χ0) is 14.8. The third kappa shape index (κ3) is 7.02. The molecule has 1 amide bonds. The summed E-state index contributed by atoms with van der Waals surface area (Å²) >= 11 is 3.77. The van der Waals surface area contributed by atoms with Crippen molar-refractivity contribution in [1.82, 2.24) is 5.32 Å². The Kier molecular flexibility index (Phi) is 8.98. The second-order valence-corrected chi connectivity index (χ2v) is 3.87. The molecule has 7 nitrogen and oxygen atoms in total. The molecule has 0 aromatic heterocycles. The molecule has 2 N–H and O–H groups in total. The Morgan fingerprint density at radius 3 is 2.11 bits per heavy atom. The van der Waals surface area contributed by atoms with Gasteiger partial charge in [-0.05, 0) is 0 Å². The maximum atomic E-state index is 11.3. The average molecular weight is 293 g/mol. The fourth-order valence-corrected chi connectivity index (χ4v) is 1.17. The van der Waals surface area contributed by atoms with Crippen LogP contribution in [0, 0.1) is 0 Å². The summed E-state index contributed by atoms with van der Waals surface area (Å²) in [6, 6.07) is 0. The number of nitrogens with one attached hydrogen (secondary N) is 1. The number of carbonyl (C=O) groups excluding carboxylic acids is 3. The molecule has 2 atom stereocenters. The van der Waals surface area contributed by atoms with Crippen molar-refractivity contribution in [3.8, 4) is 0 Å². The van der Waals surface area contributed by atoms with Crippen molar-refractivity contribution in [2.24, 2.45) is 0 Å². The highest BCUT2D eigenvalue weighted by atomic mass is 32.1. The lowest BCUT2D eigenvalue weighted by Gasteiger charge is -2.25. The van der Waals surface area contributed by atoms with Crippen molar-refractivity contribution in [1.29, 1.82) is 0 Å². The minimum absolute atomic E-state index is 0.0904. The molecule has 2 unspecified atom stereocenters. The third-order valence-corrected chi connectivity index (χ3v) is 2.37. The molecule has 0 bridgehead atoms. The minimum atomic E-state index is -1.23. The lowest BCUT2D eigenvalue weighted by molar-refractivity contribution is -0.174. The number of thiol groups is 1. The van der Waals surface area contributed by atoms with Crippen LogP contribution in [-0.4, -0.2) is 47.6 Å². The largest absolute Gasteiger partial charge is 0.454 e. The highest BCUT2D eigenvalue weighted by molar-refractivity contribution is 7.81. The van der Waals surface area contributed by atoms with E-state index in [0.717, 1.165) is 0 Å². The molecule has 0 radical (unpaired) electrons. The molecule has 19 heavy (non-hydrogen) atoms. The van der Waals surface area contributed by atoms with E-state index in [0.29, 0.717) is 0 Å². The van der Waals surface area contributed by atoms with E-state index in [9.17, 15) is 19.5 Å². The first-order valence-corrected chi connectivity index (χ1v) is 6.51. The van der Waals surface area contributed by atoms with Gasteiger partial charge in [0.2, 0.25) is 12.1 Å². The number of esters is 2. The predicted molar refractivity (Wildman–Crippen MR) is 69.4 cm³/mol. The maximum absolute atomic E-state index is 11.3. The number of hydrogen-bond acceptors (Lipinski definition) is 7. The normalized spacial score (nSPS) is 13.3. The van der Waals surface area contributed by atoms with Crippen LogP contribution in [-0.2, 0) is 23.9 Å². The van der Waals surface area contributed by atoms with Crippen LogP contribution in [0.4, 0.5) is 0 Å². The molecular formula is C11H19NO6S. The van der Waals surface area contributed by atoms with E-state index in [2.05, 4.69) is 17.9 Å². The fraction of sp³-hybridized carbons (Fsp3) is 0.727. The van der Waals surface area contributed by atoms with Gasteiger partial charge in [-0.2, -0.15) is 12.6 Å². The van der Waals surface area contributed by atoms with Crippen molar-refractivity contribution in [2.75, 3.05) is 12.4 Å². The fourth-order valence-electron chi connectivity index (χ4n) is 1.07. The second kappa shape index (κ2) is 9.62. The number of aliphatic hydroxyl groups excluding tert-OH is 1. The molecule has 0 fully saturated rings. The summed E-state index contributed by atoms with van der Waals surface area (Å²) in [5, 5.41) is 11.5. The summed E-state index contributed by atoms with van der Waals surface area (Å²) in [4.78, 5) is 33.7. The predicted octanol–water partition coefficient (Wildman–Crippen LogP) is -0.374. The molecule has 0 aliphatic heterocycles. The molecule has 110 valence electrons. The summed E-state index contributed by atoms with van der Waals surface area (Å²) in [6.45, 7) is 2.57. The Balaban J connectivity index is 4.78. The van der Waals surface area contributed by atoms with Gasteiger partial charge in [-0.15, -0.1) is 0 Å². The Bertz CT molecular complexity index is 304. The second-order valence-electron chi connectivity index (χ2n) is 3.55. The van der Waals surface area contributed by atoms with Crippen LogP contribution in [0.3, 0.4) is 0 Å². The molecule has 0 saturated carbocycles. The molecule has 0 aromatic rings. The highest BCUT2D eigenvalue weighted by Gasteiger charge is 2.28. The van der Waals surface area contributed by atoms with Gasteiger partial charge in [0, 0.05) is 12.8 Å². The number of carbonyl (C=O) groups is 3. The van der Waals surface area contributed by atoms with E-state index in [4.69, 9.17) is 9.47 Å². The molecule has 0 rings (SSSR count). The highest BCUT2D eigenvalue weighted by Crippen LogP contribution is 2.05. The van der Waals surface area contributed by atoms with Crippen molar-refractivity contribution in [2.45, 2.75) is 39.0 Å². The topological polar surface area (TPSA) is 102 Å².